The molecule has 1 fully saturated rings. The number of hydrogen-bond acceptors (Lipinski definition) is 1. The summed E-state index contributed by atoms with van der Waals surface area (Å²) in [5, 5.41) is 3.45. The van der Waals surface area contributed by atoms with Crippen LogP contribution in [0.5, 0.6) is 0 Å². The first-order valence-electron chi connectivity index (χ1n) is 7.91. The Morgan fingerprint density at radius 3 is 2.67 bits per heavy atom. The Morgan fingerprint density at radius 1 is 1.00 bits per heavy atom. The maximum atomic E-state index is 4.25. The van der Waals surface area contributed by atoms with Crippen LogP contribution in [0.15, 0.2) is 54.7 Å². The second kappa shape index (κ2) is 3.79. The predicted octanol–water partition coefficient (Wildman–Crippen LogP) is 4.64. The quantitative estimate of drug-likeness (QED) is 0.798. The molecule has 0 radical (unpaired) electrons. The van der Waals surface area contributed by atoms with Gasteiger partial charge in [0, 0.05) is 11.4 Å². The Labute approximate surface area is 125 Å². The molecule has 21 heavy (non-hydrogen) atoms. The van der Waals surface area contributed by atoms with Gasteiger partial charge in [-0.1, -0.05) is 43.0 Å². The summed E-state index contributed by atoms with van der Waals surface area (Å²) in [6, 6.07) is 15.7. The van der Waals surface area contributed by atoms with Gasteiger partial charge in [-0.05, 0) is 59.4 Å². The lowest BCUT2D eigenvalue weighted by atomic mass is 9.89. The molecule has 2 aromatic rings. The summed E-state index contributed by atoms with van der Waals surface area (Å²) in [6.07, 6.45) is 5.46. The van der Waals surface area contributed by atoms with Crippen molar-refractivity contribution in [3.63, 3.8) is 0 Å². The van der Waals surface area contributed by atoms with Crippen LogP contribution in [0.25, 0.3) is 0 Å². The zero-order valence-corrected chi connectivity index (χ0v) is 12.2. The highest BCUT2D eigenvalue weighted by molar-refractivity contribution is 5.68. The minimum absolute atomic E-state index is 0.308. The van der Waals surface area contributed by atoms with Crippen molar-refractivity contribution in [1.82, 2.24) is 0 Å². The van der Waals surface area contributed by atoms with E-state index >= 15 is 0 Å². The highest BCUT2D eigenvalue weighted by atomic mass is 14.9. The summed E-state index contributed by atoms with van der Waals surface area (Å²) in [6.45, 7) is 4.25. The van der Waals surface area contributed by atoms with Crippen LogP contribution in [0.3, 0.4) is 0 Å². The average Bonchev–Trinajstić information content (AvgIpc) is 2.99. The molecule has 3 aliphatic rings. The minimum atomic E-state index is 0.308. The zero-order chi connectivity index (χ0) is 14.0. The summed E-state index contributed by atoms with van der Waals surface area (Å²) in [5.41, 5.74) is 8.91. The molecule has 1 spiro atoms. The molecule has 2 aromatic carbocycles. The topological polar surface area (TPSA) is 12.0 Å². The van der Waals surface area contributed by atoms with Crippen molar-refractivity contribution in [2.45, 2.75) is 31.6 Å². The van der Waals surface area contributed by atoms with Crippen molar-refractivity contribution in [3.8, 4) is 0 Å². The molecule has 2 aliphatic carbocycles. The normalized spacial score (nSPS) is 23.8. The Hall–Kier alpha value is -2.02. The Kier molecular flexibility index (Phi) is 2.10. The minimum Gasteiger partial charge on any atom is -0.358 e. The molecule has 1 heteroatoms. The van der Waals surface area contributed by atoms with Crippen molar-refractivity contribution in [1.29, 1.82) is 0 Å². The van der Waals surface area contributed by atoms with Crippen LogP contribution < -0.4 is 5.32 Å². The highest BCUT2D eigenvalue weighted by Gasteiger charge is 2.47. The second-order valence-corrected chi connectivity index (χ2v) is 7.05. The molecule has 1 aliphatic heterocycles. The van der Waals surface area contributed by atoms with E-state index in [0.717, 1.165) is 5.70 Å². The number of hydrogen-bond donors (Lipinski definition) is 1. The van der Waals surface area contributed by atoms with Crippen LogP contribution in [-0.2, 0) is 12.8 Å². The van der Waals surface area contributed by atoms with E-state index in [9.17, 15) is 0 Å². The standard InChI is InChI=1S/C20H19N/c1-13-19(17-4-2-3-5-18(17)21-13)14-6-7-15-11-20(8-9-20)12-16(15)10-14/h2-7,10,19,21H,1,8-9,11-12H2. The van der Waals surface area contributed by atoms with E-state index in [-0.39, 0.29) is 0 Å². The van der Waals surface area contributed by atoms with Gasteiger partial charge in [0.25, 0.3) is 0 Å². The Bertz CT molecular complexity index is 767. The number of rotatable bonds is 1. The van der Waals surface area contributed by atoms with Crippen molar-refractivity contribution in [2.75, 3.05) is 5.32 Å². The fourth-order valence-electron chi connectivity index (χ4n) is 4.24. The fourth-order valence-corrected chi connectivity index (χ4v) is 4.24. The molecule has 1 nitrogen and oxygen atoms in total. The molecule has 5 rings (SSSR count). The molecule has 1 saturated carbocycles. The first-order valence-corrected chi connectivity index (χ1v) is 7.91. The molecular weight excluding hydrogens is 254 g/mol. The van der Waals surface area contributed by atoms with Crippen LogP contribution in [0, 0.1) is 5.41 Å². The number of fused-ring (bicyclic) bond motifs is 2. The van der Waals surface area contributed by atoms with Crippen LogP contribution >= 0.6 is 0 Å². The number of allylic oxidation sites excluding steroid dienone is 1. The smallest absolute Gasteiger partial charge is 0.0505 e. The molecule has 0 aromatic heterocycles. The van der Waals surface area contributed by atoms with Gasteiger partial charge in [-0.25, -0.2) is 0 Å². The van der Waals surface area contributed by atoms with Crippen LogP contribution in [0.2, 0.25) is 0 Å². The lowest BCUT2D eigenvalue weighted by molar-refractivity contribution is 0.549. The van der Waals surface area contributed by atoms with Gasteiger partial charge in [0.05, 0.1) is 5.92 Å². The monoisotopic (exact) mass is 273 g/mol. The van der Waals surface area contributed by atoms with Crippen molar-refractivity contribution >= 4 is 5.69 Å². The summed E-state index contributed by atoms with van der Waals surface area (Å²) >= 11 is 0. The van der Waals surface area contributed by atoms with E-state index in [1.54, 1.807) is 11.1 Å². The summed E-state index contributed by atoms with van der Waals surface area (Å²) in [7, 11) is 0. The SMILES string of the molecule is C=C1Nc2ccccc2C1c1ccc2c(c1)CC1(CC1)C2. The average molecular weight is 273 g/mol. The lowest BCUT2D eigenvalue weighted by Crippen LogP contribution is -2.01. The first kappa shape index (κ1) is 11.6. The highest BCUT2D eigenvalue weighted by Crippen LogP contribution is 2.56. The summed E-state index contributed by atoms with van der Waals surface area (Å²) < 4.78 is 0. The zero-order valence-electron chi connectivity index (χ0n) is 12.2. The van der Waals surface area contributed by atoms with Gasteiger partial charge < -0.3 is 5.32 Å². The first-order chi connectivity index (χ1) is 10.2. The van der Waals surface area contributed by atoms with Gasteiger partial charge in [-0.3, -0.25) is 0 Å². The van der Waals surface area contributed by atoms with Crippen LogP contribution in [0.4, 0.5) is 5.69 Å². The fraction of sp³-hybridized carbons (Fsp3) is 0.300. The number of para-hydroxylation sites is 1. The predicted molar refractivity (Wildman–Crippen MR) is 86.6 cm³/mol. The molecule has 1 N–H and O–H groups in total. The van der Waals surface area contributed by atoms with E-state index < -0.39 is 0 Å². The van der Waals surface area contributed by atoms with Gasteiger partial charge in [0.1, 0.15) is 0 Å². The van der Waals surface area contributed by atoms with E-state index in [1.165, 1.54) is 42.5 Å². The maximum absolute atomic E-state index is 4.25. The second-order valence-electron chi connectivity index (χ2n) is 7.05. The molecule has 0 saturated heterocycles. The largest absolute Gasteiger partial charge is 0.358 e. The van der Waals surface area contributed by atoms with Gasteiger partial charge in [0.15, 0.2) is 0 Å². The van der Waals surface area contributed by atoms with Gasteiger partial charge in [-0.15, -0.1) is 0 Å². The third-order valence-corrected chi connectivity index (χ3v) is 5.57. The molecular formula is C20H19N. The summed E-state index contributed by atoms with van der Waals surface area (Å²) in [5.74, 6) is 0.308. The van der Waals surface area contributed by atoms with Gasteiger partial charge in [0.2, 0.25) is 0 Å². The molecule has 104 valence electrons. The van der Waals surface area contributed by atoms with E-state index in [1.807, 2.05) is 0 Å². The number of benzene rings is 2. The molecule has 1 atom stereocenters. The molecule has 0 amide bonds. The molecule has 1 unspecified atom stereocenters. The summed E-state index contributed by atoms with van der Waals surface area (Å²) in [4.78, 5) is 0. The van der Waals surface area contributed by atoms with E-state index in [2.05, 4.69) is 54.4 Å². The maximum Gasteiger partial charge on any atom is 0.0505 e. The van der Waals surface area contributed by atoms with Crippen molar-refractivity contribution < 1.29 is 0 Å². The van der Waals surface area contributed by atoms with Gasteiger partial charge in [-0.2, -0.15) is 0 Å². The Balaban J connectivity index is 1.58. The van der Waals surface area contributed by atoms with Crippen LogP contribution in [-0.4, -0.2) is 0 Å². The van der Waals surface area contributed by atoms with Crippen molar-refractivity contribution in [2.24, 2.45) is 5.41 Å². The lowest BCUT2D eigenvalue weighted by Gasteiger charge is -2.14. The number of anilines is 1. The third-order valence-electron chi connectivity index (χ3n) is 5.57. The van der Waals surface area contributed by atoms with E-state index in [4.69, 9.17) is 0 Å². The van der Waals surface area contributed by atoms with Crippen LogP contribution in [0.1, 0.15) is 41.0 Å². The molecule has 1 heterocycles. The third kappa shape index (κ3) is 1.64. The van der Waals surface area contributed by atoms with E-state index in [0.29, 0.717) is 11.3 Å². The number of nitrogens with one attached hydrogen (secondary N) is 1. The van der Waals surface area contributed by atoms with Gasteiger partial charge >= 0.3 is 0 Å². The van der Waals surface area contributed by atoms with Crippen molar-refractivity contribution in [3.05, 3.63) is 77.0 Å². The Morgan fingerprint density at radius 2 is 1.81 bits per heavy atom. The molecule has 0 bridgehead atoms.